The third-order valence-corrected chi connectivity index (χ3v) is 3.97. The van der Waals surface area contributed by atoms with Crippen LogP contribution < -0.4 is 5.32 Å². The van der Waals surface area contributed by atoms with Crippen LogP contribution in [0.1, 0.15) is 5.56 Å². The molecule has 0 aliphatic carbocycles. The van der Waals surface area contributed by atoms with Crippen LogP contribution in [-0.4, -0.2) is 41.1 Å². The van der Waals surface area contributed by atoms with Crippen LogP contribution in [0.15, 0.2) is 29.4 Å². The van der Waals surface area contributed by atoms with Gasteiger partial charge < -0.3 is 0 Å². The Bertz CT molecular complexity index is 562. The summed E-state index contributed by atoms with van der Waals surface area (Å²) in [6, 6.07) is 5.47. The number of carbonyl (C=O) groups is 1. The van der Waals surface area contributed by atoms with Crippen LogP contribution in [0.2, 0.25) is 5.02 Å². The van der Waals surface area contributed by atoms with E-state index in [0.29, 0.717) is 10.7 Å². The molecule has 114 valence electrons. The molecule has 1 aliphatic heterocycles. The summed E-state index contributed by atoms with van der Waals surface area (Å²) >= 11 is 7.21. The molecule has 1 aromatic rings. The summed E-state index contributed by atoms with van der Waals surface area (Å²) in [4.78, 5) is 11.5. The zero-order chi connectivity index (χ0) is 15.6. The minimum atomic E-state index is -4.77. The van der Waals surface area contributed by atoms with Crippen LogP contribution in [0.25, 0.3) is 0 Å². The molecule has 1 N–H and O–H groups in total. The predicted molar refractivity (Wildman–Crippen MR) is 76.6 cm³/mol. The molecule has 21 heavy (non-hydrogen) atoms. The molecule has 1 heterocycles. The van der Waals surface area contributed by atoms with E-state index >= 15 is 0 Å². The molecule has 9 heteroatoms. The summed E-state index contributed by atoms with van der Waals surface area (Å²) in [5, 5.41) is 6.08. The van der Waals surface area contributed by atoms with Gasteiger partial charge in [0.1, 0.15) is 0 Å². The molecule has 0 radical (unpaired) electrons. The molecule has 0 saturated heterocycles. The van der Waals surface area contributed by atoms with Crippen LogP contribution in [-0.2, 0) is 0 Å². The molecule has 0 saturated carbocycles. The molecule has 0 spiro atoms. The summed E-state index contributed by atoms with van der Waals surface area (Å²) < 4.78 is 36.5. The molecular weight excluding hydrogens is 327 g/mol. The van der Waals surface area contributed by atoms with Gasteiger partial charge in [-0.25, -0.2) is 15.1 Å². The molecule has 2 amide bonds. The smallest absolute Gasteiger partial charge is 0.247 e. The summed E-state index contributed by atoms with van der Waals surface area (Å²) in [5.41, 5.74) is 1.28. The summed E-state index contributed by atoms with van der Waals surface area (Å²) in [6.07, 6.45) is -2.97. The molecule has 4 nitrogen and oxygen atoms in total. The van der Waals surface area contributed by atoms with Gasteiger partial charge in [-0.3, -0.25) is 0 Å². The van der Waals surface area contributed by atoms with Gasteiger partial charge in [-0.05, 0) is 24.0 Å². The first-order valence-electron chi connectivity index (χ1n) is 5.84. The van der Waals surface area contributed by atoms with Gasteiger partial charge >= 0.3 is 12.3 Å². The molecule has 0 fully saturated rings. The second-order valence-corrected chi connectivity index (χ2v) is 5.70. The van der Waals surface area contributed by atoms with E-state index in [2.05, 4.69) is 5.10 Å². The Morgan fingerprint density at radius 1 is 1.43 bits per heavy atom. The van der Waals surface area contributed by atoms with Crippen molar-refractivity contribution in [3.63, 3.8) is 0 Å². The Kier molecular flexibility index (Phi) is 4.67. The van der Waals surface area contributed by atoms with Crippen molar-refractivity contribution in [1.29, 1.82) is 0 Å². The van der Waals surface area contributed by atoms with Crippen LogP contribution >= 0.6 is 23.4 Å². The van der Waals surface area contributed by atoms with Crippen molar-refractivity contribution in [3.05, 3.63) is 34.9 Å². The Morgan fingerprint density at radius 2 is 2.05 bits per heavy atom. The van der Waals surface area contributed by atoms with Crippen LogP contribution in [0.4, 0.5) is 18.0 Å². The van der Waals surface area contributed by atoms with E-state index in [1.54, 1.807) is 30.5 Å². The number of hydrogen-bond donors (Lipinski definition) is 1. The summed E-state index contributed by atoms with van der Waals surface area (Å²) in [5.74, 6) is 0. The minimum absolute atomic E-state index is 0.0844. The van der Waals surface area contributed by atoms with E-state index in [1.165, 1.54) is 11.8 Å². The highest BCUT2D eigenvalue weighted by Crippen LogP contribution is 2.24. The lowest BCUT2D eigenvalue weighted by Gasteiger charge is -2.15. The average molecular weight is 338 g/mol. The van der Waals surface area contributed by atoms with Crippen molar-refractivity contribution in [2.45, 2.75) is 11.6 Å². The third-order valence-electron chi connectivity index (χ3n) is 2.78. The molecular formula is C12H11ClF3N3OS. The fourth-order valence-electron chi connectivity index (χ4n) is 1.84. The number of urea groups is 1. The quantitative estimate of drug-likeness (QED) is 0.841. The second-order valence-electron chi connectivity index (χ2n) is 4.23. The van der Waals surface area contributed by atoms with Crippen LogP contribution in [0.3, 0.4) is 0 Å². The molecule has 1 aromatic carbocycles. The molecule has 1 aliphatic rings. The van der Waals surface area contributed by atoms with Gasteiger partial charge in [-0.1, -0.05) is 23.7 Å². The van der Waals surface area contributed by atoms with E-state index in [0.717, 1.165) is 15.9 Å². The first kappa shape index (κ1) is 16.0. The van der Waals surface area contributed by atoms with Crippen LogP contribution in [0, 0.1) is 0 Å². The van der Waals surface area contributed by atoms with Crippen LogP contribution in [0.5, 0.6) is 0 Å². The minimum Gasteiger partial charge on any atom is -0.247 e. The molecule has 0 aromatic heterocycles. The maximum absolute atomic E-state index is 12.2. The van der Waals surface area contributed by atoms with Gasteiger partial charge in [0.25, 0.3) is 0 Å². The largest absolute Gasteiger partial charge is 0.486 e. The second kappa shape index (κ2) is 6.15. The topological polar surface area (TPSA) is 44.7 Å². The van der Waals surface area contributed by atoms with Gasteiger partial charge in [-0.2, -0.15) is 30.0 Å². The summed E-state index contributed by atoms with van der Waals surface area (Å²) in [6.45, 7) is 0.0844. The zero-order valence-corrected chi connectivity index (χ0v) is 12.4. The highest BCUT2D eigenvalue weighted by atomic mass is 35.5. The van der Waals surface area contributed by atoms with Crippen molar-refractivity contribution in [2.24, 2.45) is 5.10 Å². The van der Waals surface area contributed by atoms with Crippen molar-refractivity contribution < 1.29 is 18.0 Å². The Balaban J connectivity index is 2.21. The number of rotatable bonds is 2. The van der Waals surface area contributed by atoms with Crippen molar-refractivity contribution in [2.75, 3.05) is 12.8 Å². The lowest BCUT2D eigenvalue weighted by Crippen LogP contribution is -2.44. The fraction of sp³-hybridized carbons (Fsp3) is 0.333. The predicted octanol–water partition coefficient (Wildman–Crippen LogP) is 3.32. The number of carbonyl (C=O) groups excluding carboxylic acids is 1. The number of benzene rings is 1. The van der Waals surface area contributed by atoms with E-state index in [1.807, 2.05) is 0 Å². The number of hydrazone groups is 1. The van der Waals surface area contributed by atoms with Gasteiger partial charge in [0.05, 0.1) is 17.5 Å². The number of nitrogens with zero attached hydrogens (tertiary/aromatic N) is 2. The van der Waals surface area contributed by atoms with Crippen molar-refractivity contribution in [3.8, 4) is 0 Å². The standard InChI is InChI=1S/C12H11ClF3N3OS/c1-21-9-6-19(11(20)17-12(14,15)16)18-10(9)7-2-4-8(13)5-3-7/h2-5,9H,6H2,1H3,(H,17,20). The monoisotopic (exact) mass is 337 g/mol. The lowest BCUT2D eigenvalue weighted by atomic mass is 10.1. The Hall–Kier alpha value is -1.41. The normalized spacial score (nSPS) is 18.6. The molecule has 1 atom stereocenters. The van der Waals surface area contributed by atoms with Gasteiger partial charge in [0.2, 0.25) is 0 Å². The van der Waals surface area contributed by atoms with E-state index in [-0.39, 0.29) is 11.8 Å². The SMILES string of the molecule is CSC1CN(C(=O)NC(F)(F)F)N=C1c1ccc(Cl)cc1. The number of thioether (sulfide) groups is 1. The van der Waals surface area contributed by atoms with Crippen molar-refractivity contribution in [1.82, 2.24) is 10.3 Å². The van der Waals surface area contributed by atoms with Gasteiger partial charge in [-0.15, -0.1) is 0 Å². The number of hydrogen-bond acceptors (Lipinski definition) is 3. The van der Waals surface area contributed by atoms with E-state index in [4.69, 9.17) is 11.6 Å². The highest BCUT2D eigenvalue weighted by molar-refractivity contribution is 8.00. The Morgan fingerprint density at radius 3 is 2.57 bits per heavy atom. The molecule has 0 bridgehead atoms. The lowest BCUT2D eigenvalue weighted by molar-refractivity contribution is -0.147. The van der Waals surface area contributed by atoms with Gasteiger partial charge in [0, 0.05) is 5.02 Å². The first-order chi connectivity index (χ1) is 9.80. The fourth-order valence-corrected chi connectivity index (χ4v) is 2.67. The van der Waals surface area contributed by atoms with Gasteiger partial charge in [0.15, 0.2) is 0 Å². The number of amides is 2. The number of alkyl halides is 3. The molecule has 1 unspecified atom stereocenters. The highest BCUT2D eigenvalue weighted by Gasteiger charge is 2.36. The van der Waals surface area contributed by atoms with E-state index < -0.39 is 12.3 Å². The Labute approximate surface area is 128 Å². The summed E-state index contributed by atoms with van der Waals surface area (Å²) in [7, 11) is 0. The maximum atomic E-state index is 12.2. The van der Waals surface area contributed by atoms with E-state index in [9.17, 15) is 18.0 Å². The zero-order valence-electron chi connectivity index (χ0n) is 10.8. The average Bonchev–Trinajstić information content (AvgIpc) is 2.82. The van der Waals surface area contributed by atoms with Crippen molar-refractivity contribution >= 4 is 35.1 Å². The maximum Gasteiger partial charge on any atom is 0.486 e. The number of nitrogens with one attached hydrogen (secondary N) is 1. The number of halogens is 4. The third kappa shape index (κ3) is 4.04. The first-order valence-corrected chi connectivity index (χ1v) is 7.50. The molecule has 2 rings (SSSR count).